The lowest BCUT2D eigenvalue weighted by molar-refractivity contribution is -0.00657. The Morgan fingerprint density at radius 2 is 2.24 bits per heavy atom. The Hall–Kier alpha value is -1.17. The maximum atomic E-state index is 9.85. The van der Waals surface area contributed by atoms with Crippen molar-refractivity contribution in [2.24, 2.45) is 0 Å². The minimum Gasteiger partial charge on any atom is -0.377 e. The van der Waals surface area contributed by atoms with Gasteiger partial charge in [0.2, 0.25) is 0 Å². The first-order chi connectivity index (χ1) is 8.33. The van der Waals surface area contributed by atoms with Gasteiger partial charge in [-0.2, -0.15) is 5.01 Å². The number of rotatable bonds is 2. The van der Waals surface area contributed by atoms with Crippen LogP contribution in [0.25, 0.3) is 10.2 Å². The van der Waals surface area contributed by atoms with Gasteiger partial charge in [0, 0.05) is 6.54 Å². The van der Waals surface area contributed by atoms with Gasteiger partial charge < -0.3 is 5.11 Å². The van der Waals surface area contributed by atoms with Gasteiger partial charge in [0.15, 0.2) is 5.13 Å². The van der Waals surface area contributed by atoms with Crippen LogP contribution < -0.4 is 5.43 Å². The Balaban J connectivity index is 1.79. The highest BCUT2D eigenvalue weighted by atomic mass is 32.1. The summed E-state index contributed by atoms with van der Waals surface area (Å²) >= 11 is 1.62. The first kappa shape index (κ1) is 11.0. The summed E-state index contributed by atoms with van der Waals surface area (Å²) in [7, 11) is 0. The standard InChI is InChI=1S/C12H15N3OS/c16-11-7-3-4-8-15(11)14-12-13-9-5-1-2-6-10(9)17-12/h1-2,5-6,11,16H,3-4,7-8H2,(H,13,14). The highest BCUT2D eigenvalue weighted by Gasteiger charge is 2.20. The van der Waals surface area contributed by atoms with Crippen molar-refractivity contribution in [3.8, 4) is 0 Å². The Morgan fingerprint density at radius 3 is 3.06 bits per heavy atom. The van der Waals surface area contributed by atoms with E-state index in [1.165, 1.54) is 4.70 Å². The zero-order valence-corrected chi connectivity index (χ0v) is 10.3. The number of aromatic nitrogens is 1. The van der Waals surface area contributed by atoms with E-state index >= 15 is 0 Å². The van der Waals surface area contributed by atoms with E-state index in [1.54, 1.807) is 11.3 Å². The second-order valence-electron chi connectivity index (χ2n) is 4.27. The van der Waals surface area contributed by atoms with Crippen LogP contribution in [0.3, 0.4) is 0 Å². The van der Waals surface area contributed by atoms with E-state index in [0.717, 1.165) is 36.5 Å². The third-order valence-electron chi connectivity index (χ3n) is 3.00. The summed E-state index contributed by atoms with van der Waals surface area (Å²) in [6.45, 7) is 0.872. The zero-order valence-electron chi connectivity index (χ0n) is 9.47. The van der Waals surface area contributed by atoms with Crippen LogP contribution in [0.4, 0.5) is 5.13 Å². The van der Waals surface area contributed by atoms with Gasteiger partial charge in [-0.05, 0) is 31.4 Å². The van der Waals surface area contributed by atoms with Crippen LogP contribution >= 0.6 is 11.3 Å². The molecule has 2 aromatic rings. The summed E-state index contributed by atoms with van der Waals surface area (Å²) in [4.78, 5) is 4.50. The lowest BCUT2D eigenvalue weighted by Gasteiger charge is -2.31. The summed E-state index contributed by atoms with van der Waals surface area (Å²) in [5.74, 6) is 0. The molecular formula is C12H15N3OS. The van der Waals surface area contributed by atoms with Crippen LogP contribution in [0.1, 0.15) is 19.3 Å². The summed E-state index contributed by atoms with van der Waals surface area (Å²) in [6.07, 6.45) is 2.65. The molecule has 0 bridgehead atoms. The van der Waals surface area contributed by atoms with E-state index in [2.05, 4.69) is 16.5 Å². The second kappa shape index (κ2) is 4.60. The van der Waals surface area contributed by atoms with Crippen LogP contribution in [-0.2, 0) is 0 Å². The molecule has 1 unspecified atom stereocenters. The van der Waals surface area contributed by atoms with Crippen molar-refractivity contribution in [2.45, 2.75) is 25.5 Å². The topological polar surface area (TPSA) is 48.4 Å². The Labute approximate surface area is 104 Å². The number of para-hydroxylation sites is 1. The number of fused-ring (bicyclic) bond motifs is 1. The predicted molar refractivity (Wildman–Crippen MR) is 69.8 cm³/mol. The fourth-order valence-electron chi connectivity index (χ4n) is 2.09. The predicted octanol–water partition coefficient (Wildman–Crippen LogP) is 2.43. The molecule has 0 aliphatic carbocycles. The van der Waals surface area contributed by atoms with Crippen LogP contribution in [0, 0.1) is 0 Å². The monoisotopic (exact) mass is 249 g/mol. The number of anilines is 1. The molecule has 3 rings (SSSR count). The molecule has 1 aromatic carbocycles. The molecule has 1 aliphatic heterocycles. The Bertz CT molecular complexity index is 480. The van der Waals surface area contributed by atoms with Gasteiger partial charge in [0.1, 0.15) is 6.23 Å². The summed E-state index contributed by atoms with van der Waals surface area (Å²) in [5, 5.41) is 12.6. The summed E-state index contributed by atoms with van der Waals surface area (Å²) in [6, 6.07) is 8.07. The average Bonchev–Trinajstić information content (AvgIpc) is 2.74. The van der Waals surface area contributed by atoms with Gasteiger partial charge in [-0.1, -0.05) is 23.5 Å². The SMILES string of the molecule is OC1CCCCN1Nc1nc2ccccc2s1. The molecule has 2 N–H and O–H groups in total. The summed E-state index contributed by atoms with van der Waals surface area (Å²) < 4.78 is 1.17. The normalized spacial score (nSPS) is 21.8. The maximum Gasteiger partial charge on any atom is 0.198 e. The number of thiazole rings is 1. The highest BCUT2D eigenvalue weighted by molar-refractivity contribution is 7.22. The van der Waals surface area contributed by atoms with Crippen molar-refractivity contribution in [1.82, 2.24) is 9.99 Å². The first-order valence-corrected chi connectivity index (χ1v) is 6.71. The lowest BCUT2D eigenvalue weighted by atomic mass is 10.1. The van der Waals surface area contributed by atoms with Crippen LogP contribution in [-0.4, -0.2) is 27.9 Å². The first-order valence-electron chi connectivity index (χ1n) is 5.90. The van der Waals surface area contributed by atoms with Gasteiger partial charge >= 0.3 is 0 Å². The fraction of sp³-hybridized carbons (Fsp3) is 0.417. The largest absolute Gasteiger partial charge is 0.377 e. The smallest absolute Gasteiger partial charge is 0.198 e. The highest BCUT2D eigenvalue weighted by Crippen LogP contribution is 2.26. The van der Waals surface area contributed by atoms with Gasteiger partial charge in [-0.25, -0.2) is 4.98 Å². The molecule has 0 spiro atoms. The maximum absolute atomic E-state index is 9.85. The van der Waals surface area contributed by atoms with E-state index in [9.17, 15) is 5.11 Å². The number of aliphatic hydroxyl groups is 1. The number of benzene rings is 1. The molecule has 1 aliphatic rings. The molecule has 1 aromatic heterocycles. The van der Waals surface area contributed by atoms with Crippen molar-refractivity contribution in [2.75, 3.05) is 12.0 Å². The Kier molecular flexibility index (Phi) is 2.96. The number of aliphatic hydroxyl groups excluding tert-OH is 1. The number of hydrogen-bond donors (Lipinski definition) is 2. The molecule has 90 valence electrons. The molecule has 1 fully saturated rings. The number of nitrogens with zero attached hydrogens (tertiary/aromatic N) is 2. The third-order valence-corrected chi connectivity index (χ3v) is 3.95. The van der Waals surface area contributed by atoms with Crippen molar-refractivity contribution in [3.63, 3.8) is 0 Å². The quantitative estimate of drug-likeness (QED) is 0.858. The lowest BCUT2D eigenvalue weighted by Crippen LogP contribution is -2.43. The van der Waals surface area contributed by atoms with Gasteiger partial charge in [0.25, 0.3) is 0 Å². The molecule has 2 heterocycles. The van der Waals surface area contributed by atoms with E-state index in [4.69, 9.17) is 0 Å². The second-order valence-corrected chi connectivity index (χ2v) is 5.30. The van der Waals surface area contributed by atoms with Crippen molar-refractivity contribution in [1.29, 1.82) is 0 Å². The van der Waals surface area contributed by atoms with Gasteiger partial charge in [-0.15, -0.1) is 0 Å². The van der Waals surface area contributed by atoms with E-state index in [-0.39, 0.29) is 0 Å². The van der Waals surface area contributed by atoms with Crippen molar-refractivity contribution < 1.29 is 5.11 Å². The molecular weight excluding hydrogens is 234 g/mol. The number of hydrazine groups is 1. The van der Waals surface area contributed by atoms with Crippen molar-refractivity contribution in [3.05, 3.63) is 24.3 Å². The van der Waals surface area contributed by atoms with Crippen molar-refractivity contribution >= 4 is 26.7 Å². The van der Waals surface area contributed by atoms with Crippen LogP contribution in [0.5, 0.6) is 0 Å². The van der Waals surface area contributed by atoms with Crippen LogP contribution in [0.15, 0.2) is 24.3 Å². The molecule has 4 nitrogen and oxygen atoms in total. The molecule has 0 radical (unpaired) electrons. The van der Waals surface area contributed by atoms with Gasteiger partial charge in [0.05, 0.1) is 10.2 Å². The Morgan fingerprint density at radius 1 is 1.35 bits per heavy atom. The van der Waals surface area contributed by atoms with E-state index < -0.39 is 6.23 Å². The minimum absolute atomic E-state index is 0.393. The van der Waals surface area contributed by atoms with E-state index in [0.29, 0.717) is 0 Å². The molecule has 1 saturated heterocycles. The molecule has 0 amide bonds. The molecule has 5 heteroatoms. The third kappa shape index (κ3) is 2.26. The summed E-state index contributed by atoms with van der Waals surface area (Å²) in [5.41, 5.74) is 4.22. The zero-order chi connectivity index (χ0) is 11.7. The number of hydrogen-bond acceptors (Lipinski definition) is 5. The fourth-order valence-corrected chi connectivity index (χ4v) is 2.97. The minimum atomic E-state index is -0.393. The average molecular weight is 249 g/mol. The molecule has 0 saturated carbocycles. The molecule has 1 atom stereocenters. The molecule has 17 heavy (non-hydrogen) atoms. The van der Waals surface area contributed by atoms with Crippen LogP contribution in [0.2, 0.25) is 0 Å². The number of piperidine rings is 1. The number of nitrogens with one attached hydrogen (secondary N) is 1. The van der Waals surface area contributed by atoms with E-state index in [1.807, 2.05) is 23.2 Å². The van der Waals surface area contributed by atoms with Gasteiger partial charge in [-0.3, -0.25) is 5.43 Å².